The van der Waals surface area contributed by atoms with Gasteiger partial charge in [-0.1, -0.05) is 0 Å². The Hall–Kier alpha value is -0.840. The molecular formula is C24H42O21. The van der Waals surface area contributed by atoms with E-state index >= 15 is 0 Å². The van der Waals surface area contributed by atoms with Crippen LogP contribution in [0, 0.1) is 0 Å². The molecule has 0 amide bonds. The Morgan fingerprint density at radius 3 is 1.02 bits per heavy atom. The van der Waals surface area contributed by atoms with Crippen molar-refractivity contribution in [1.82, 2.24) is 0 Å². The zero-order chi connectivity index (χ0) is 33.3. The highest BCUT2D eigenvalue weighted by Gasteiger charge is 2.55. The van der Waals surface area contributed by atoms with E-state index in [2.05, 4.69) is 0 Å². The highest BCUT2D eigenvalue weighted by Crippen LogP contribution is 2.34. The molecule has 0 radical (unpaired) electrons. The quantitative estimate of drug-likeness (QED) is 0.103. The highest BCUT2D eigenvalue weighted by atomic mass is 16.8. The Bertz CT molecular complexity index is 910. The molecule has 20 atom stereocenters. The molecule has 0 saturated carbocycles. The van der Waals surface area contributed by atoms with Crippen molar-refractivity contribution in [2.24, 2.45) is 0 Å². The van der Waals surface area contributed by atoms with Gasteiger partial charge in [0.25, 0.3) is 0 Å². The van der Waals surface area contributed by atoms with Crippen molar-refractivity contribution in [2.75, 3.05) is 26.4 Å². The number of aliphatic hydroxyl groups excluding tert-OH is 14. The van der Waals surface area contributed by atoms with E-state index in [1.165, 1.54) is 0 Å². The first kappa shape index (κ1) is 37.0. The second-order valence-electron chi connectivity index (χ2n) is 11.1. The zero-order valence-corrected chi connectivity index (χ0v) is 23.5. The lowest BCUT2D eigenvalue weighted by atomic mass is 9.95. The molecule has 45 heavy (non-hydrogen) atoms. The minimum atomic E-state index is -2.02. The maximum Gasteiger partial charge on any atom is 0.187 e. The molecule has 9 unspecified atom stereocenters. The third kappa shape index (κ3) is 7.44. The molecule has 4 heterocycles. The van der Waals surface area contributed by atoms with Crippen LogP contribution in [-0.2, 0) is 33.2 Å². The summed E-state index contributed by atoms with van der Waals surface area (Å²) in [6.07, 6.45) is -35.3. The van der Waals surface area contributed by atoms with Gasteiger partial charge in [-0.25, -0.2) is 0 Å². The summed E-state index contributed by atoms with van der Waals surface area (Å²) in [7, 11) is 0. The molecule has 0 bridgehead atoms. The summed E-state index contributed by atoms with van der Waals surface area (Å²) in [5, 5.41) is 142. The monoisotopic (exact) mass is 666 g/mol. The summed E-state index contributed by atoms with van der Waals surface area (Å²) in [6, 6.07) is 0. The molecule has 0 spiro atoms. The predicted octanol–water partition coefficient (Wildman–Crippen LogP) is -9.75. The molecular weight excluding hydrogens is 624 g/mol. The first-order valence-electron chi connectivity index (χ1n) is 14.1. The molecule has 264 valence electrons. The maximum absolute atomic E-state index is 10.9. The summed E-state index contributed by atoms with van der Waals surface area (Å²) in [4.78, 5) is 0. The predicted molar refractivity (Wildman–Crippen MR) is 134 cm³/mol. The molecule has 4 fully saturated rings. The van der Waals surface area contributed by atoms with Gasteiger partial charge >= 0.3 is 0 Å². The van der Waals surface area contributed by atoms with Crippen LogP contribution in [0.2, 0.25) is 0 Å². The van der Waals surface area contributed by atoms with E-state index in [4.69, 9.17) is 33.2 Å². The standard InChI is InChI=1S/C24H42O21/c25-1-5-9(29)10(30)15(35)22(40-5)44-19-7(3-27)42-24(17(37)12(19)32)45-20-8(4-28)41-23(16(36)13(20)33)43-18-6(2-26)39-21(38)14(34)11(18)31/h5-38H,1-4H2/t5?,6?,7?,8?,9-,10?,11?,12?,13?,14?,15+,16+,17+,18-,19-,20-,21-,22+,23+,24+/m1/s1. The summed E-state index contributed by atoms with van der Waals surface area (Å²) >= 11 is 0. The fourth-order valence-electron chi connectivity index (χ4n) is 5.55. The lowest BCUT2D eigenvalue weighted by molar-refractivity contribution is -0.387. The van der Waals surface area contributed by atoms with Crippen molar-refractivity contribution < 1.29 is 105 Å². The second kappa shape index (κ2) is 15.6. The third-order valence-corrected chi connectivity index (χ3v) is 8.20. The van der Waals surface area contributed by atoms with Crippen LogP contribution < -0.4 is 0 Å². The van der Waals surface area contributed by atoms with E-state index in [0.29, 0.717) is 0 Å². The van der Waals surface area contributed by atoms with Gasteiger partial charge in [-0.2, -0.15) is 0 Å². The van der Waals surface area contributed by atoms with Crippen molar-refractivity contribution in [3.63, 3.8) is 0 Å². The fourth-order valence-corrected chi connectivity index (χ4v) is 5.55. The van der Waals surface area contributed by atoms with Crippen molar-refractivity contribution >= 4 is 0 Å². The minimum Gasteiger partial charge on any atom is -0.394 e. The first-order valence-corrected chi connectivity index (χ1v) is 14.1. The molecule has 4 rings (SSSR count). The van der Waals surface area contributed by atoms with Crippen LogP contribution in [0.25, 0.3) is 0 Å². The Kier molecular flexibility index (Phi) is 12.8. The van der Waals surface area contributed by atoms with Crippen LogP contribution >= 0.6 is 0 Å². The lowest BCUT2D eigenvalue weighted by Gasteiger charge is -2.49. The van der Waals surface area contributed by atoms with Gasteiger partial charge in [0.15, 0.2) is 25.2 Å². The van der Waals surface area contributed by atoms with Crippen LogP contribution in [0.3, 0.4) is 0 Å². The van der Waals surface area contributed by atoms with Crippen LogP contribution in [0.1, 0.15) is 0 Å². The second-order valence-corrected chi connectivity index (χ2v) is 11.1. The molecule has 21 heteroatoms. The SMILES string of the molecule is OCC1O[C@@H](O[C@@H]2C(CO)O[C@@H](O[C@@H]3C(CO)O[C@@H](O[C@@H]4C(CO)O[C@@H](O)C(O)C4O)[C@@H](O)C3O)[C@@H](O)C2O)[C@@H](O)C(O)[C@@H]1O. The van der Waals surface area contributed by atoms with E-state index in [1.54, 1.807) is 0 Å². The number of rotatable bonds is 10. The Morgan fingerprint density at radius 1 is 0.333 bits per heavy atom. The summed E-state index contributed by atoms with van der Waals surface area (Å²) in [5.74, 6) is 0. The van der Waals surface area contributed by atoms with Crippen LogP contribution in [-0.4, -0.2) is 221 Å². The van der Waals surface area contributed by atoms with Crippen LogP contribution in [0.15, 0.2) is 0 Å². The minimum absolute atomic E-state index is 0.784. The fraction of sp³-hybridized carbons (Fsp3) is 1.00. The third-order valence-electron chi connectivity index (χ3n) is 8.20. The van der Waals surface area contributed by atoms with Crippen molar-refractivity contribution in [3.05, 3.63) is 0 Å². The number of hydrogen-bond donors (Lipinski definition) is 14. The van der Waals surface area contributed by atoms with Gasteiger partial charge in [0.05, 0.1) is 26.4 Å². The summed E-state index contributed by atoms with van der Waals surface area (Å²) in [6.45, 7) is -3.39. The maximum atomic E-state index is 10.9. The number of ether oxygens (including phenoxy) is 7. The highest BCUT2D eigenvalue weighted by molar-refractivity contribution is 4.97. The average molecular weight is 667 g/mol. The Labute approximate surface area is 254 Å². The van der Waals surface area contributed by atoms with Gasteiger partial charge in [0.1, 0.15) is 97.7 Å². The van der Waals surface area contributed by atoms with Crippen molar-refractivity contribution in [2.45, 2.75) is 123 Å². The molecule has 0 aromatic heterocycles. The molecule has 0 aromatic rings. The van der Waals surface area contributed by atoms with Gasteiger partial charge in [-0.15, -0.1) is 0 Å². The van der Waals surface area contributed by atoms with Crippen molar-refractivity contribution in [1.29, 1.82) is 0 Å². The van der Waals surface area contributed by atoms with Gasteiger partial charge in [0, 0.05) is 0 Å². The van der Waals surface area contributed by atoms with Crippen molar-refractivity contribution in [3.8, 4) is 0 Å². The molecule has 0 aromatic carbocycles. The first-order chi connectivity index (χ1) is 21.3. The smallest absolute Gasteiger partial charge is 0.187 e. The summed E-state index contributed by atoms with van der Waals surface area (Å²) < 4.78 is 37.7. The van der Waals surface area contributed by atoms with E-state index in [9.17, 15) is 71.5 Å². The lowest BCUT2D eigenvalue weighted by Crippen LogP contribution is -2.67. The molecule has 4 aliphatic heterocycles. The van der Waals surface area contributed by atoms with Gasteiger partial charge in [-0.3, -0.25) is 0 Å². The van der Waals surface area contributed by atoms with Gasteiger partial charge < -0.3 is 105 Å². The summed E-state index contributed by atoms with van der Waals surface area (Å²) in [5.41, 5.74) is 0. The molecule has 4 saturated heterocycles. The number of hydrogen-bond acceptors (Lipinski definition) is 21. The molecule has 14 N–H and O–H groups in total. The number of aliphatic hydroxyl groups is 14. The normalized spacial score (nSPS) is 52.9. The largest absolute Gasteiger partial charge is 0.394 e. The topological polar surface area (TPSA) is 348 Å². The van der Waals surface area contributed by atoms with E-state index in [1.807, 2.05) is 0 Å². The molecule has 4 aliphatic rings. The van der Waals surface area contributed by atoms with Crippen LogP contribution in [0.4, 0.5) is 0 Å². The Balaban J connectivity index is 1.43. The average Bonchev–Trinajstić information content (AvgIpc) is 3.03. The van der Waals surface area contributed by atoms with E-state index < -0.39 is 149 Å². The van der Waals surface area contributed by atoms with Gasteiger partial charge in [0.2, 0.25) is 0 Å². The molecule has 21 nitrogen and oxygen atoms in total. The van der Waals surface area contributed by atoms with E-state index in [0.717, 1.165) is 0 Å². The molecule has 0 aliphatic carbocycles. The van der Waals surface area contributed by atoms with Gasteiger partial charge in [-0.05, 0) is 0 Å². The van der Waals surface area contributed by atoms with E-state index in [-0.39, 0.29) is 0 Å². The Morgan fingerprint density at radius 2 is 0.644 bits per heavy atom. The van der Waals surface area contributed by atoms with Crippen LogP contribution in [0.5, 0.6) is 0 Å². The zero-order valence-electron chi connectivity index (χ0n) is 23.5.